The summed E-state index contributed by atoms with van der Waals surface area (Å²) in [6.45, 7) is 4.37. The van der Waals surface area contributed by atoms with Gasteiger partial charge in [0.25, 0.3) is 0 Å². The Morgan fingerprint density at radius 2 is 2.36 bits per heavy atom. The second-order valence-electron chi connectivity index (χ2n) is 4.15. The van der Waals surface area contributed by atoms with Gasteiger partial charge in [-0.2, -0.15) is 0 Å². The van der Waals surface area contributed by atoms with Crippen LogP contribution >= 0.6 is 0 Å². The topological polar surface area (TPSA) is 24.9 Å². The molecule has 1 heterocycles. The third kappa shape index (κ3) is 2.81. The van der Waals surface area contributed by atoms with E-state index in [9.17, 15) is 0 Å². The molecule has 1 fully saturated rings. The van der Waals surface area contributed by atoms with Gasteiger partial charge < -0.3 is 5.32 Å². The Morgan fingerprint density at radius 3 is 3.07 bits per heavy atom. The molecule has 0 bridgehead atoms. The number of pyridine rings is 1. The Kier molecular flexibility index (Phi) is 3.14. The Labute approximate surface area is 85.7 Å². The van der Waals surface area contributed by atoms with Gasteiger partial charge in [-0.15, -0.1) is 0 Å². The number of hydrogen-bond acceptors (Lipinski definition) is 2. The zero-order valence-electron chi connectivity index (χ0n) is 8.79. The molecular weight excluding hydrogens is 172 g/mol. The molecule has 0 spiro atoms. The molecule has 0 saturated heterocycles. The van der Waals surface area contributed by atoms with E-state index in [-0.39, 0.29) is 0 Å². The van der Waals surface area contributed by atoms with Crippen LogP contribution in [0, 0.1) is 12.8 Å². The van der Waals surface area contributed by atoms with Crippen molar-refractivity contribution in [1.29, 1.82) is 0 Å². The summed E-state index contributed by atoms with van der Waals surface area (Å²) >= 11 is 0. The van der Waals surface area contributed by atoms with Gasteiger partial charge in [-0.05, 0) is 56.8 Å². The lowest BCUT2D eigenvalue weighted by Gasteiger charge is -2.05. The summed E-state index contributed by atoms with van der Waals surface area (Å²) in [6, 6.07) is 4.18. The zero-order valence-corrected chi connectivity index (χ0v) is 8.79. The number of rotatable bonds is 5. The van der Waals surface area contributed by atoms with Gasteiger partial charge in [-0.3, -0.25) is 4.98 Å². The molecule has 0 aromatic carbocycles. The van der Waals surface area contributed by atoms with Gasteiger partial charge in [0.2, 0.25) is 0 Å². The van der Waals surface area contributed by atoms with Crippen molar-refractivity contribution < 1.29 is 0 Å². The van der Waals surface area contributed by atoms with Gasteiger partial charge in [-0.1, -0.05) is 6.07 Å². The molecule has 14 heavy (non-hydrogen) atoms. The van der Waals surface area contributed by atoms with Gasteiger partial charge in [0.1, 0.15) is 0 Å². The van der Waals surface area contributed by atoms with Crippen LogP contribution in [0.4, 0.5) is 0 Å². The van der Waals surface area contributed by atoms with Crippen molar-refractivity contribution in [2.45, 2.75) is 26.2 Å². The maximum Gasteiger partial charge on any atom is 0.0405 e. The predicted molar refractivity (Wildman–Crippen MR) is 58.3 cm³/mol. The molecule has 1 saturated carbocycles. The minimum absolute atomic E-state index is 0.977. The summed E-state index contributed by atoms with van der Waals surface area (Å²) in [7, 11) is 0. The number of hydrogen-bond donors (Lipinski definition) is 1. The summed E-state index contributed by atoms with van der Waals surface area (Å²) in [5.74, 6) is 0.977. The van der Waals surface area contributed by atoms with Crippen molar-refractivity contribution in [2.75, 3.05) is 13.1 Å². The van der Waals surface area contributed by atoms with E-state index in [0.717, 1.165) is 18.9 Å². The molecule has 1 N–H and O–H groups in total. The monoisotopic (exact) mass is 190 g/mol. The van der Waals surface area contributed by atoms with Crippen LogP contribution in [-0.2, 0) is 6.42 Å². The highest BCUT2D eigenvalue weighted by Gasteiger charge is 2.19. The molecule has 0 radical (unpaired) electrons. The average Bonchev–Trinajstić information content (AvgIpc) is 2.99. The molecule has 2 nitrogen and oxygen atoms in total. The first-order valence-electron chi connectivity index (χ1n) is 5.47. The Balaban J connectivity index is 1.71. The highest BCUT2D eigenvalue weighted by Crippen LogP contribution is 2.27. The molecule has 0 unspecified atom stereocenters. The summed E-state index contributed by atoms with van der Waals surface area (Å²) in [6.07, 6.45) is 5.82. The van der Waals surface area contributed by atoms with Gasteiger partial charge in [0.15, 0.2) is 0 Å². The average molecular weight is 190 g/mol. The normalized spacial score (nSPS) is 15.8. The largest absolute Gasteiger partial charge is 0.316 e. The molecular formula is C12H18N2. The van der Waals surface area contributed by atoms with E-state index in [2.05, 4.69) is 23.3 Å². The standard InChI is InChI=1S/C12H18N2/c1-10-12(3-2-7-14-10)6-8-13-9-11-4-5-11/h2-3,7,11,13H,4-6,8-9H2,1H3. The first kappa shape index (κ1) is 9.66. The highest BCUT2D eigenvalue weighted by atomic mass is 14.9. The molecule has 2 rings (SSSR count). The van der Waals surface area contributed by atoms with Crippen LogP contribution in [0.15, 0.2) is 18.3 Å². The number of nitrogens with zero attached hydrogens (tertiary/aromatic N) is 1. The van der Waals surface area contributed by atoms with Crippen molar-refractivity contribution >= 4 is 0 Å². The van der Waals surface area contributed by atoms with Gasteiger partial charge in [-0.25, -0.2) is 0 Å². The minimum Gasteiger partial charge on any atom is -0.316 e. The van der Waals surface area contributed by atoms with Gasteiger partial charge in [0, 0.05) is 11.9 Å². The van der Waals surface area contributed by atoms with Crippen molar-refractivity contribution in [3.8, 4) is 0 Å². The molecule has 1 aliphatic carbocycles. The molecule has 0 amide bonds. The number of aryl methyl sites for hydroxylation is 1. The first-order valence-corrected chi connectivity index (χ1v) is 5.47. The lowest BCUT2D eigenvalue weighted by molar-refractivity contribution is 0.636. The van der Waals surface area contributed by atoms with Crippen LogP contribution in [0.2, 0.25) is 0 Å². The first-order chi connectivity index (χ1) is 6.86. The van der Waals surface area contributed by atoms with Crippen molar-refractivity contribution in [1.82, 2.24) is 10.3 Å². The molecule has 0 atom stereocenters. The third-order valence-electron chi connectivity index (χ3n) is 2.82. The molecule has 2 heteroatoms. The summed E-state index contributed by atoms with van der Waals surface area (Å²) in [5, 5.41) is 3.50. The fourth-order valence-corrected chi connectivity index (χ4v) is 1.63. The van der Waals surface area contributed by atoms with E-state index < -0.39 is 0 Å². The fraction of sp³-hybridized carbons (Fsp3) is 0.583. The summed E-state index contributed by atoms with van der Waals surface area (Å²) in [4.78, 5) is 4.28. The van der Waals surface area contributed by atoms with E-state index in [1.165, 1.54) is 30.6 Å². The Bertz CT molecular complexity index is 292. The zero-order chi connectivity index (χ0) is 9.80. The van der Waals surface area contributed by atoms with E-state index in [0.29, 0.717) is 0 Å². The second-order valence-corrected chi connectivity index (χ2v) is 4.15. The molecule has 1 aromatic rings. The summed E-state index contributed by atoms with van der Waals surface area (Å²) < 4.78 is 0. The van der Waals surface area contributed by atoms with Gasteiger partial charge in [0.05, 0.1) is 0 Å². The molecule has 1 aromatic heterocycles. The Hall–Kier alpha value is -0.890. The van der Waals surface area contributed by atoms with E-state index in [1.54, 1.807) is 0 Å². The maximum atomic E-state index is 4.28. The minimum atomic E-state index is 0.977. The van der Waals surface area contributed by atoms with Crippen LogP contribution in [-0.4, -0.2) is 18.1 Å². The fourth-order valence-electron chi connectivity index (χ4n) is 1.63. The van der Waals surface area contributed by atoms with Crippen molar-refractivity contribution in [3.63, 3.8) is 0 Å². The Morgan fingerprint density at radius 1 is 1.50 bits per heavy atom. The maximum absolute atomic E-state index is 4.28. The SMILES string of the molecule is Cc1ncccc1CCNCC1CC1. The van der Waals surface area contributed by atoms with Crippen molar-refractivity contribution in [3.05, 3.63) is 29.6 Å². The molecule has 76 valence electrons. The van der Waals surface area contributed by atoms with Crippen molar-refractivity contribution in [2.24, 2.45) is 5.92 Å². The van der Waals surface area contributed by atoms with Crippen LogP contribution < -0.4 is 5.32 Å². The van der Waals surface area contributed by atoms with Crippen LogP contribution in [0.3, 0.4) is 0 Å². The highest BCUT2D eigenvalue weighted by molar-refractivity contribution is 5.18. The second kappa shape index (κ2) is 4.56. The van der Waals surface area contributed by atoms with Crippen LogP contribution in [0.25, 0.3) is 0 Å². The lowest BCUT2D eigenvalue weighted by Crippen LogP contribution is -2.20. The molecule has 0 aliphatic heterocycles. The number of nitrogens with one attached hydrogen (secondary N) is 1. The van der Waals surface area contributed by atoms with Gasteiger partial charge >= 0.3 is 0 Å². The smallest absolute Gasteiger partial charge is 0.0405 e. The van der Waals surface area contributed by atoms with Crippen LogP contribution in [0.1, 0.15) is 24.1 Å². The van der Waals surface area contributed by atoms with E-state index in [4.69, 9.17) is 0 Å². The molecule has 1 aliphatic rings. The van der Waals surface area contributed by atoms with E-state index in [1.807, 2.05) is 12.3 Å². The summed E-state index contributed by atoms with van der Waals surface area (Å²) in [5.41, 5.74) is 2.54. The van der Waals surface area contributed by atoms with E-state index >= 15 is 0 Å². The van der Waals surface area contributed by atoms with Crippen LogP contribution in [0.5, 0.6) is 0 Å². The number of aromatic nitrogens is 1. The predicted octanol–water partition coefficient (Wildman–Crippen LogP) is 1.93. The lowest BCUT2D eigenvalue weighted by atomic mass is 10.1. The third-order valence-corrected chi connectivity index (χ3v) is 2.82. The quantitative estimate of drug-likeness (QED) is 0.718.